The van der Waals surface area contributed by atoms with Crippen LogP contribution in [0.25, 0.3) is 33.4 Å². The van der Waals surface area contributed by atoms with Crippen molar-refractivity contribution in [1.29, 1.82) is 0 Å². The van der Waals surface area contributed by atoms with Crippen molar-refractivity contribution in [1.82, 2.24) is 0 Å². The summed E-state index contributed by atoms with van der Waals surface area (Å²) in [5.41, 5.74) is 8.96. The van der Waals surface area contributed by atoms with Crippen LogP contribution in [0.2, 0.25) is 0 Å². The van der Waals surface area contributed by atoms with E-state index in [1.807, 2.05) is 36.4 Å². The van der Waals surface area contributed by atoms with Crippen LogP contribution in [0, 0.1) is 0 Å². The SMILES string of the molecule is CC[C@@H](C)c1ccc(-c2ccc(-c3ccc(-c4ccccc4)cc3)cc2)cc1.c1ccccc1. The summed E-state index contributed by atoms with van der Waals surface area (Å²) in [5.74, 6) is 0.621. The van der Waals surface area contributed by atoms with Gasteiger partial charge in [-0.2, -0.15) is 0 Å². The lowest BCUT2D eigenvalue weighted by molar-refractivity contribution is 0.734. The van der Waals surface area contributed by atoms with E-state index >= 15 is 0 Å². The lowest BCUT2D eigenvalue weighted by atomic mass is 9.95. The molecule has 0 radical (unpaired) electrons. The molecule has 34 heavy (non-hydrogen) atoms. The van der Waals surface area contributed by atoms with Gasteiger partial charge >= 0.3 is 0 Å². The molecule has 0 heterocycles. The molecule has 168 valence electrons. The van der Waals surface area contributed by atoms with Crippen molar-refractivity contribution in [3.63, 3.8) is 0 Å². The van der Waals surface area contributed by atoms with E-state index in [2.05, 4.69) is 117 Å². The van der Waals surface area contributed by atoms with Crippen molar-refractivity contribution in [2.75, 3.05) is 0 Å². The minimum Gasteiger partial charge on any atom is -0.0648 e. The molecule has 0 aliphatic heterocycles. The van der Waals surface area contributed by atoms with Gasteiger partial charge in [-0.15, -0.1) is 0 Å². The molecule has 5 rings (SSSR count). The van der Waals surface area contributed by atoms with Gasteiger partial charge in [0.1, 0.15) is 0 Å². The summed E-state index contributed by atoms with van der Waals surface area (Å²) < 4.78 is 0. The molecular formula is C34H32. The largest absolute Gasteiger partial charge is 0.0648 e. The Morgan fingerprint density at radius 1 is 0.382 bits per heavy atom. The summed E-state index contributed by atoms with van der Waals surface area (Å²) in [6.45, 7) is 4.52. The van der Waals surface area contributed by atoms with Crippen molar-refractivity contribution in [3.05, 3.63) is 145 Å². The maximum absolute atomic E-state index is 2.28. The summed E-state index contributed by atoms with van der Waals surface area (Å²) in [6, 6.07) is 49.2. The van der Waals surface area contributed by atoms with Gasteiger partial charge in [-0.1, -0.05) is 153 Å². The Labute approximate surface area is 204 Å². The van der Waals surface area contributed by atoms with Gasteiger partial charge in [0.15, 0.2) is 0 Å². The number of hydrogen-bond acceptors (Lipinski definition) is 0. The molecule has 0 nitrogen and oxygen atoms in total. The fourth-order valence-electron chi connectivity index (χ4n) is 3.97. The highest BCUT2D eigenvalue weighted by molar-refractivity contribution is 5.73. The van der Waals surface area contributed by atoms with Gasteiger partial charge in [-0.25, -0.2) is 0 Å². The van der Waals surface area contributed by atoms with Crippen LogP contribution < -0.4 is 0 Å². The predicted octanol–water partition coefficient (Wildman–Crippen LogP) is 9.89. The summed E-state index contributed by atoms with van der Waals surface area (Å²) in [5, 5.41) is 0. The molecule has 0 unspecified atom stereocenters. The zero-order chi connectivity index (χ0) is 23.6. The molecule has 0 spiro atoms. The zero-order valence-corrected chi connectivity index (χ0v) is 20.1. The van der Waals surface area contributed by atoms with Crippen LogP contribution in [-0.2, 0) is 0 Å². The average Bonchev–Trinajstić information content (AvgIpc) is 2.95. The highest BCUT2D eigenvalue weighted by atomic mass is 14.1. The third kappa shape index (κ3) is 6.11. The van der Waals surface area contributed by atoms with E-state index in [0.717, 1.165) is 0 Å². The normalized spacial score (nSPS) is 11.2. The van der Waals surface area contributed by atoms with Crippen LogP contribution in [-0.4, -0.2) is 0 Å². The Balaban J connectivity index is 0.000000398. The molecule has 5 aromatic carbocycles. The van der Waals surface area contributed by atoms with Crippen molar-refractivity contribution in [2.45, 2.75) is 26.2 Å². The smallest absolute Gasteiger partial charge is 0.0184 e. The van der Waals surface area contributed by atoms with E-state index < -0.39 is 0 Å². The monoisotopic (exact) mass is 440 g/mol. The van der Waals surface area contributed by atoms with Crippen LogP contribution >= 0.6 is 0 Å². The zero-order valence-electron chi connectivity index (χ0n) is 20.1. The molecule has 0 amide bonds. The molecule has 5 aromatic rings. The summed E-state index contributed by atoms with van der Waals surface area (Å²) in [7, 11) is 0. The third-order valence-electron chi connectivity index (χ3n) is 6.30. The average molecular weight is 441 g/mol. The maximum atomic E-state index is 2.28. The second-order valence-electron chi connectivity index (χ2n) is 8.61. The molecule has 0 aliphatic rings. The topological polar surface area (TPSA) is 0 Å². The highest BCUT2D eigenvalue weighted by Crippen LogP contribution is 2.28. The molecule has 0 aromatic heterocycles. The lowest BCUT2D eigenvalue weighted by Gasteiger charge is -2.10. The van der Waals surface area contributed by atoms with E-state index in [-0.39, 0.29) is 0 Å². The van der Waals surface area contributed by atoms with Gasteiger partial charge in [0.05, 0.1) is 0 Å². The third-order valence-corrected chi connectivity index (χ3v) is 6.30. The molecule has 0 saturated carbocycles. The van der Waals surface area contributed by atoms with Gasteiger partial charge in [0.2, 0.25) is 0 Å². The van der Waals surface area contributed by atoms with Crippen LogP contribution in [0.5, 0.6) is 0 Å². The van der Waals surface area contributed by atoms with Gasteiger partial charge in [0.25, 0.3) is 0 Å². The van der Waals surface area contributed by atoms with E-state index in [0.29, 0.717) is 5.92 Å². The summed E-state index contributed by atoms with van der Waals surface area (Å²) in [4.78, 5) is 0. The van der Waals surface area contributed by atoms with Gasteiger partial charge in [0, 0.05) is 0 Å². The van der Waals surface area contributed by atoms with Crippen LogP contribution in [0.3, 0.4) is 0 Å². The fourth-order valence-corrected chi connectivity index (χ4v) is 3.97. The van der Waals surface area contributed by atoms with E-state index in [1.165, 1.54) is 45.4 Å². The van der Waals surface area contributed by atoms with Gasteiger partial charge in [-0.05, 0) is 51.3 Å². The first-order valence-corrected chi connectivity index (χ1v) is 12.1. The van der Waals surface area contributed by atoms with Crippen molar-refractivity contribution in [3.8, 4) is 33.4 Å². The molecule has 0 saturated heterocycles. The van der Waals surface area contributed by atoms with E-state index in [1.54, 1.807) is 0 Å². The second kappa shape index (κ2) is 11.8. The second-order valence-corrected chi connectivity index (χ2v) is 8.61. The number of benzene rings is 5. The molecule has 0 bridgehead atoms. The van der Waals surface area contributed by atoms with Gasteiger partial charge in [-0.3, -0.25) is 0 Å². The van der Waals surface area contributed by atoms with Gasteiger partial charge < -0.3 is 0 Å². The standard InChI is InChI=1S/C28H26.C6H6/c1-3-21(2)22-9-11-25(12-10-22)26-17-19-28(20-18-26)27-15-13-24(14-16-27)23-7-5-4-6-8-23;1-2-4-6-5-3-1/h4-21H,3H2,1-2H3;1-6H/t21-;/m1./s1. The fraction of sp³-hybridized carbons (Fsp3) is 0.118. The van der Waals surface area contributed by atoms with Crippen LogP contribution in [0.15, 0.2) is 140 Å². The number of rotatable bonds is 5. The van der Waals surface area contributed by atoms with Crippen LogP contribution in [0.1, 0.15) is 31.7 Å². The predicted molar refractivity (Wildman–Crippen MR) is 148 cm³/mol. The highest BCUT2D eigenvalue weighted by Gasteiger charge is 2.05. The minimum absolute atomic E-state index is 0.621. The van der Waals surface area contributed by atoms with Crippen LogP contribution in [0.4, 0.5) is 0 Å². The van der Waals surface area contributed by atoms with E-state index in [9.17, 15) is 0 Å². The first-order valence-electron chi connectivity index (χ1n) is 12.1. The first-order chi connectivity index (χ1) is 16.7. The summed E-state index contributed by atoms with van der Waals surface area (Å²) >= 11 is 0. The molecule has 0 aliphatic carbocycles. The van der Waals surface area contributed by atoms with E-state index in [4.69, 9.17) is 0 Å². The minimum atomic E-state index is 0.621. The quantitative estimate of drug-likeness (QED) is 0.255. The molecule has 0 N–H and O–H groups in total. The molecule has 0 heteroatoms. The molecule has 0 fully saturated rings. The Kier molecular flexibility index (Phi) is 8.08. The Morgan fingerprint density at radius 3 is 0.971 bits per heavy atom. The first kappa shape index (κ1) is 23.3. The van der Waals surface area contributed by atoms with Crippen molar-refractivity contribution in [2.24, 2.45) is 0 Å². The molecular weight excluding hydrogens is 408 g/mol. The molecule has 1 atom stereocenters. The number of hydrogen-bond donors (Lipinski definition) is 0. The summed E-state index contributed by atoms with van der Waals surface area (Å²) in [6.07, 6.45) is 1.18. The Hall–Kier alpha value is -3.90. The Morgan fingerprint density at radius 2 is 0.647 bits per heavy atom. The Bertz CT molecular complexity index is 1210. The van der Waals surface area contributed by atoms with Crippen molar-refractivity contribution < 1.29 is 0 Å². The van der Waals surface area contributed by atoms with Crippen molar-refractivity contribution >= 4 is 0 Å². The maximum Gasteiger partial charge on any atom is -0.0184 e. The lowest BCUT2D eigenvalue weighted by Crippen LogP contribution is -1.90.